The maximum Gasteiger partial charge on any atom is 0.329 e. The molecule has 0 bridgehead atoms. The number of hydrogen-bond acceptors (Lipinski definition) is 4. The van der Waals surface area contributed by atoms with Crippen LogP contribution in [0, 0.1) is 10.1 Å². The first-order valence-electron chi connectivity index (χ1n) is 6.31. The van der Waals surface area contributed by atoms with Crippen LogP contribution in [0.1, 0.15) is 26.2 Å². The Balaban J connectivity index is 2.43. The molecule has 0 radical (unpaired) electrons. The number of aliphatic carboxylic acids is 1. The van der Waals surface area contributed by atoms with Gasteiger partial charge in [0, 0.05) is 23.2 Å². The SMILES string of the molecule is CC1(C(=O)O)CCCCN1c1ccc([N+](=O)[O-])cc1Br. The number of rotatable bonds is 3. The van der Waals surface area contributed by atoms with Crippen molar-refractivity contribution in [2.75, 3.05) is 11.4 Å². The number of halogens is 1. The molecule has 20 heavy (non-hydrogen) atoms. The molecule has 2 rings (SSSR count). The lowest BCUT2D eigenvalue weighted by molar-refractivity contribution is -0.384. The summed E-state index contributed by atoms with van der Waals surface area (Å²) in [6.07, 6.45) is 2.34. The van der Waals surface area contributed by atoms with E-state index < -0.39 is 16.4 Å². The summed E-state index contributed by atoms with van der Waals surface area (Å²) in [5.41, 5.74) is -0.313. The molecule has 1 aromatic carbocycles. The third kappa shape index (κ3) is 2.49. The van der Waals surface area contributed by atoms with Crippen LogP contribution in [0.15, 0.2) is 22.7 Å². The lowest BCUT2D eigenvalue weighted by Crippen LogP contribution is -2.55. The van der Waals surface area contributed by atoms with Crippen molar-refractivity contribution in [3.63, 3.8) is 0 Å². The summed E-state index contributed by atoms with van der Waals surface area (Å²) >= 11 is 3.31. The Bertz CT molecular complexity index is 563. The van der Waals surface area contributed by atoms with Crippen molar-refractivity contribution in [3.8, 4) is 0 Å². The van der Waals surface area contributed by atoms with Gasteiger partial charge in [0.2, 0.25) is 0 Å². The van der Waals surface area contributed by atoms with Crippen molar-refractivity contribution in [1.82, 2.24) is 0 Å². The maximum atomic E-state index is 11.6. The lowest BCUT2D eigenvalue weighted by Gasteiger charge is -2.43. The molecule has 1 unspecified atom stereocenters. The van der Waals surface area contributed by atoms with E-state index in [1.165, 1.54) is 12.1 Å². The smallest absolute Gasteiger partial charge is 0.329 e. The van der Waals surface area contributed by atoms with Gasteiger partial charge >= 0.3 is 5.97 Å². The summed E-state index contributed by atoms with van der Waals surface area (Å²) in [6.45, 7) is 2.32. The molecule has 108 valence electrons. The third-order valence-electron chi connectivity index (χ3n) is 3.78. The molecule has 7 heteroatoms. The average molecular weight is 343 g/mol. The van der Waals surface area contributed by atoms with Gasteiger partial charge in [-0.1, -0.05) is 0 Å². The average Bonchev–Trinajstić information content (AvgIpc) is 2.39. The highest BCUT2D eigenvalue weighted by Crippen LogP contribution is 2.38. The Labute approximate surface area is 124 Å². The number of benzene rings is 1. The number of hydrogen-bond donors (Lipinski definition) is 1. The molecule has 0 spiro atoms. The molecule has 1 N–H and O–H groups in total. The lowest BCUT2D eigenvalue weighted by atomic mass is 9.88. The van der Waals surface area contributed by atoms with Gasteiger partial charge in [0.25, 0.3) is 5.69 Å². The van der Waals surface area contributed by atoms with Gasteiger partial charge in [-0.05, 0) is 48.2 Å². The minimum atomic E-state index is -0.975. The first-order chi connectivity index (χ1) is 9.36. The van der Waals surface area contributed by atoms with E-state index in [9.17, 15) is 20.0 Å². The predicted octanol–water partition coefficient (Wildman–Crippen LogP) is 3.19. The summed E-state index contributed by atoms with van der Waals surface area (Å²) in [7, 11) is 0. The maximum absolute atomic E-state index is 11.6. The summed E-state index contributed by atoms with van der Waals surface area (Å²) in [6, 6.07) is 4.41. The zero-order chi connectivity index (χ0) is 14.9. The standard InChI is InChI=1S/C13H15BrN2O4/c1-13(12(17)18)6-2-3-7-15(13)11-5-4-9(16(19)20)8-10(11)14/h4-5,8H,2-3,6-7H2,1H3,(H,17,18). The highest BCUT2D eigenvalue weighted by Gasteiger charge is 2.42. The largest absolute Gasteiger partial charge is 0.480 e. The minimum Gasteiger partial charge on any atom is -0.480 e. The quantitative estimate of drug-likeness (QED) is 0.673. The Morgan fingerprint density at radius 3 is 2.75 bits per heavy atom. The zero-order valence-corrected chi connectivity index (χ0v) is 12.6. The number of nitrogens with zero attached hydrogens (tertiary/aromatic N) is 2. The van der Waals surface area contributed by atoms with Crippen molar-refractivity contribution in [3.05, 3.63) is 32.8 Å². The van der Waals surface area contributed by atoms with E-state index in [0.717, 1.165) is 12.8 Å². The number of nitro benzene ring substituents is 1. The molecule has 0 aromatic heterocycles. The Morgan fingerprint density at radius 1 is 1.50 bits per heavy atom. The number of carboxylic acid groups (broad SMARTS) is 1. The van der Waals surface area contributed by atoms with Gasteiger partial charge in [0.1, 0.15) is 5.54 Å². The van der Waals surface area contributed by atoms with E-state index in [4.69, 9.17) is 0 Å². The van der Waals surface area contributed by atoms with Crippen LogP contribution in [0.4, 0.5) is 11.4 Å². The molecule has 1 aromatic rings. The monoisotopic (exact) mass is 342 g/mol. The molecular formula is C13H15BrN2O4. The van der Waals surface area contributed by atoms with Gasteiger partial charge in [-0.15, -0.1) is 0 Å². The van der Waals surface area contributed by atoms with Gasteiger partial charge in [0.15, 0.2) is 0 Å². The van der Waals surface area contributed by atoms with E-state index in [1.807, 2.05) is 4.90 Å². The van der Waals surface area contributed by atoms with Crippen molar-refractivity contribution < 1.29 is 14.8 Å². The van der Waals surface area contributed by atoms with Crippen LogP contribution in [0.2, 0.25) is 0 Å². The number of anilines is 1. The van der Waals surface area contributed by atoms with E-state index >= 15 is 0 Å². The van der Waals surface area contributed by atoms with Crippen LogP contribution < -0.4 is 4.90 Å². The molecule has 6 nitrogen and oxygen atoms in total. The van der Waals surface area contributed by atoms with E-state index in [0.29, 0.717) is 23.1 Å². The highest BCUT2D eigenvalue weighted by molar-refractivity contribution is 9.10. The minimum absolute atomic E-state index is 0.0188. The second-order valence-corrected chi connectivity index (χ2v) is 5.93. The van der Waals surface area contributed by atoms with E-state index in [1.54, 1.807) is 13.0 Å². The zero-order valence-electron chi connectivity index (χ0n) is 11.0. The third-order valence-corrected chi connectivity index (χ3v) is 4.42. The van der Waals surface area contributed by atoms with Crippen LogP contribution in [0.3, 0.4) is 0 Å². The van der Waals surface area contributed by atoms with E-state index in [-0.39, 0.29) is 5.69 Å². The molecule has 0 saturated carbocycles. The molecular weight excluding hydrogens is 328 g/mol. The van der Waals surface area contributed by atoms with Gasteiger partial charge in [-0.3, -0.25) is 10.1 Å². The number of nitro groups is 1. The summed E-state index contributed by atoms with van der Waals surface area (Å²) in [5.74, 6) is -0.873. The topological polar surface area (TPSA) is 83.7 Å². The van der Waals surface area contributed by atoms with Gasteiger partial charge < -0.3 is 10.0 Å². The van der Waals surface area contributed by atoms with Crippen LogP contribution in [0.25, 0.3) is 0 Å². The molecule has 1 atom stereocenters. The van der Waals surface area contributed by atoms with Gasteiger partial charge in [-0.2, -0.15) is 0 Å². The fraction of sp³-hybridized carbons (Fsp3) is 0.462. The summed E-state index contributed by atoms with van der Waals surface area (Å²) < 4.78 is 0.543. The molecule has 0 aliphatic carbocycles. The van der Waals surface area contributed by atoms with Gasteiger partial charge in [0.05, 0.1) is 10.6 Å². The normalized spacial score (nSPS) is 22.6. The fourth-order valence-corrected chi connectivity index (χ4v) is 3.14. The summed E-state index contributed by atoms with van der Waals surface area (Å²) in [4.78, 5) is 23.7. The predicted molar refractivity (Wildman–Crippen MR) is 78.0 cm³/mol. The second kappa shape index (κ2) is 5.40. The fourth-order valence-electron chi connectivity index (χ4n) is 2.56. The Hall–Kier alpha value is -1.63. The molecule has 1 aliphatic rings. The number of carboxylic acids is 1. The molecule has 1 heterocycles. The number of piperidine rings is 1. The van der Waals surface area contributed by atoms with Crippen molar-refractivity contribution >= 4 is 33.3 Å². The van der Waals surface area contributed by atoms with Gasteiger partial charge in [-0.25, -0.2) is 4.79 Å². The first kappa shape index (κ1) is 14.8. The molecule has 1 fully saturated rings. The first-order valence-corrected chi connectivity index (χ1v) is 7.10. The van der Waals surface area contributed by atoms with Crippen LogP contribution >= 0.6 is 15.9 Å². The van der Waals surface area contributed by atoms with Crippen LogP contribution in [-0.2, 0) is 4.79 Å². The Morgan fingerprint density at radius 2 is 2.20 bits per heavy atom. The number of carbonyl (C=O) groups is 1. The summed E-state index contributed by atoms with van der Waals surface area (Å²) in [5, 5.41) is 20.3. The van der Waals surface area contributed by atoms with E-state index in [2.05, 4.69) is 15.9 Å². The highest BCUT2D eigenvalue weighted by atomic mass is 79.9. The van der Waals surface area contributed by atoms with Crippen molar-refractivity contribution in [1.29, 1.82) is 0 Å². The van der Waals surface area contributed by atoms with Crippen molar-refractivity contribution in [2.45, 2.75) is 31.7 Å². The second-order valence-electron chi connectivity index (χ2n) is 5.08. The Kier molecular flexibility index (Phi) is 3.99. The van der Waals surface area contributed by atoms with Crippen molar-refractivity contribution in [2.24, 2.45) is 0 Å². The molecule has 1 aliphatic heterocycles. The molecule has 1 saturated heterocycles. The van der Waals surface area contributed by atoms with Crippen LogP contribution in [0.5, 0.6) is 0 Å². The number of non-ortho nitro benzene ring substituents is 1. The molecule has 0 amide bonds. The van der Waals surface area contributed by atoms with Crippen LogP contribution in [-0.4, -0.2) is 28.1 Å².